The van der Waals surface area contributed by atoms with Gasteiger partial charge in [0.25, 0.3) is 0 Å². The molecular weight excluding hydrogens is 300 g/mol. The average molecular weight is 325 g/mol. The van der Waals surface area contributed by atoms with Crippen molar-refractivity contribution in [3.63, 3.8) is 0 Å². The van der Waals surface area contributed by atoms with Crippen molar-refractivity contribution in [1.29, 1.82) is 0 Å². The van der Waals surface area contributed by atoms with Crippen molar-refractivity contribution in [2.45, 2.75) is 26.0 Å². The van der Waals surface area contributed by atoms with Crippen molar-refractivity contribution in [2.24, 2.45) is 11.7 Å². The summed E-state index contributed by atoms with van der Waals surface area (Å²) in [6.07, 6.45) is 1.80. The molecule has 3 N–H and O–H groups in total. The minimum Gasteiger partial charge on any atom is -0.489 e. The number of piperidine rings is 1. The molecule has 1 saturated heterocycles. The van der Waals surface area contributed by atoms with Gasteiger partial charge in [-0.25, -0.2) is 0 Å². The number of hydrogen-bond donors (Lipinski definition) is 2. The van der Waals surface area contributed by atoms with E-state index in [0.29, 0.717) is 6.61 Å². The standard InChI is InChI=1S/C20H24N2O2/c21-20(23)18-9-11-22(12-10-18)14-17-7-4-8-19(13-17)24-15-16-5-2-1-3-6-16/h1-8,13,18H,9-12,14-15H2,(H2,21,23)/p+1. The van der Waals surface area contributed by atoms with Gasteiger partial charge in [0.15, 0.2) is 0 Å². The number of nitrogens with two attached hydrogens (primary N) is 1. The van der Waals surface area contributed by atoms with Crippen LogP contribution in [0.1, 0.15) is 24.0 Å². The Labute approximate surface area is 143 Å². The summed E-state index contributed by atoms with van der Waals surface area (Å²) in [6, 6.07) is 18.5. The monoisotopic (exact) mass is 325 g/mol. The number of hydrogen-bond acceptors (Lipinski definition) is 2. The highest BCUT2D eigenvalue weighted by Gasteiger charge is 2.25. The van der Waals surface area contributed by atoms with Crippen molar-refractivity contribution in [2.75, 3.05) is 13.1 Å². The van der Waals surface area contributed by atoms with E-state index >= 15 is 0 Å². The number of primary amides is 1. The van der Waals surface area contributed by atoms with Crippen LogP contribution in [0.3, 0.4) is 0 Å². The summed E-state index contributed by atoms with van der Waals surface area (Å²) in [5.74, 6) is 0.822. The molecule has 0 radical (unpaired) electrons. The second-order valence-corrected chi connectivity index (χ2v) is 6.53. The van der Waals surface area contributed by atoms with Crippen LogP contribution in [0.25, 0.3) is 0 Å². The van der Waals surface area contributed by atoms with Crippen LogP contribution in [0.2, 0.25) is 0 Å². The van der Waals surface area contributed by atoms with Crippen LogP contribution in [0, 0.1) is 5.92 Å². The molecule has 2 aromatic rings. The van der Waals surface area contributed by atoms with Gasteiger partial charge in [-0.05, 0) is 17.7 Å². The second kappa shape index (κ2) is 7.97. The number of ether oxygens (including phenoxy) is 1. The van der Waals surface area contributed by atoms with E-state index in [1.807, 2.05) is 30.3 Å². The first-order chi connectivity index (χ1) is 11.7. The highest BCUT2D eigenvalue weighted by molar-refractivity contribution is 5.76. The van der Waals surface area contributed by atoms with E-state index in [1.165, 1.54) is 16.0 Å². The highest BCUT2D eigenvalue weighted by Crippen LogP contribution is 2.15. The van der Waals surface area contributed by atoms with Gasteiger partial charge < -0.3 is 15.4 Å². The molecule has 0 aliphatic carbocycles. The number of nitrogens with one attached hydrogen (secondary N) is 1. The molecule has 126 valence electrons. The molecular formula is C20H25N2O2+. The van der Waals surface area contributed by atoms with E-state index in [2.05, 4.69) is 24.3 Å². The molecule has 0 bridgehead atoms. The quantitative estimate of drug-likeness (QED) is 0.846. The summed E-state index contributed by atoms with van der Waals surface area (Å²) >= 11 is 0. The average Bonchev–Trinajstić information content (AvgIpc) is 2.62. The Morgan fingerprint density at radius 2 is 1.75 bits per heavy atom. The van der Waals surface area contributed by atoms with Crippen LogP contribution in [0.4, 0.5) is 0 Å². The zero-order valence-electron chi connectivity index (χ0n) is 13.9. The van der Waals surface area contributed by atoms with Crippen molar-refractivity contribution in [3.05, 3.63) is 65.7 Å². The lowest BCUT2D eigenvalue weighted by atomic mass is 9.96. The Morgan fingerprint density at radius 1 is 1.04 bits per heavy atom. The maximum absolute atomic E-state index is 11.2. The van der Waals surface area contributed by atoms with Gasteiger partial charge in [0.05, 0.1) is 13.1 Å². The van der Waals surface area contributed by atoms with E-state index in [0.717, 1.165) is 38.2 Å². The topological polar surface area (TPSA) is 56.8 Å². The van der Waals surface area contributed by atoms with E-state index in [9.17, 15) is 4.79 Å². The van der Waals surface area contributed by atoms with E-state index in [4.69, 9.17) is 10.5 Å². The molecule has 0 unspecified atom stereocenters. The number of quaternary nitrogens is 1. The van der Waals surface area contributed by atoms with Crippen molar-refractivity contribution in [3.8, 4) is 5.75 Å². The number of carbonyl (C=O) groups excluding carboxylic acids is 1. The highest BCUT2D eigenvalue weighted by atomic mass is 16.5. The molecule has 2 aromatic carbocycles. The van der Waals surface area contributed by atoms with E-state index in [1.54, 1.807) is 0 Å². The molecule has 0 spiro atoms. The first kappa shape index (κ1) is 16.5. The van der Waals surface area contributed by atoms with Crippen LogP contribution in [-0.2, 0) is 17.9 Å². The van der Waals surface area contributed by atoms with Gasteiger partial charge in [-0.1, -0.05) is 42.5 Å². The van der Waals surface area contributed by atoms with Gasteiger partial charge >= 0.3 is 0 Å². The predicted octanol–water partition coefficient (Wildman–Crippen LogP) is 1.55. The van der Waals surface area contributed by atoms with E-state index in [-0.39, 0.29) is 11.8 Å². The Bertz CT molecular complexity index is 664. The Hall–Kier alpha value is -2.33. The maximum Gasteiger partial charge on any atom is 0.220 e. The second-order valence-electron chi connectivity index (χ2n) is 6.53. The van der Waals surface area contributed by atoms with Gasteiger partial charge in [-0.3, -0.25) is 4.79 Å². The molecule has 1 fully saturated rings. The normalized spacial score (nSPS) is 20.5. The molecule has 3 rings (SSSR count). The number of carbonyl (C=O) groups is 1. The van der Waals surface area contributed by atoms with Gasteiger partial charge in [-0.2, -0.15) is 0 Å². The fourth-order valence-electron chi connectivity index (χ4n) is 3.26. The molecule has 1 amide bonds. The van der Waals surface area contributed by atoms with Crippen LogP contribution in [-0.4, -0.2) is 19.0 Å². The van der Waals surface area contributed by atoms with Crippen LogP contribution < -0.4 is 15.4 Å². The van der Waals surface area contributed by atoms with Crippen LogP contribution in [0.15, 0.2) is 54.6 Å². The van der Waals surface area contributed by atoms with Crippen LogP contribution in [0.5, 0.6) is 5.75 Å². The summed E-state index contributed by atoms with van der Waals surface area (Å²) in [5.41, 5.74) is 7.84. The zero-order chi connectivity index (χ0) is 16.8. The Balaban J connectivity index is 1.53. The molecule has 0 atom stereocenters. The SMILES string of the molecule is NC(=O)C1CC[NH+](Cc2cccc(OCc3ccccc3)c2)CC1. The minimum atomic E-state index is -0.148. The van der Waals surface area contributed by atoms with Gasteiger partial charge in [0.2, 0.25) is 5.91 Å². The lowest BCUT2D eigenvalue weighted by Crippen LogP contribution is -3.11. The maximum atomic E-state index is 11.2. The van der Waals surface area contributed by atoms with Crippen molar-refractivity contribution in [1.82, 2.24) is 0 Å². The first-order valence-corrected chi connectivity index (χ1v) is 8.59. The number of rotatable bonds is 6. The summed E-state index contributed by atoms with van der Waals surface area (Å²) in [5, 5.41) is 0. The predicted molar refractivity (Wildman–Crippen MR) is 93.5 cm³/mol. The molecule has 1 aliphatic rings. The summed E-state index contributed by atoms with van der Waals surface area (Å²) in [4.78, 5) is 12.8. The third-order valence-electron chi connectivity index (χ3n) is 4.70. The largest absolute Gasteiger partial charge is 0.489 e. The van der Waals surface area contributed by atoms with Gasteiger partial charge in [-0.15, -0.1) is 0 Å². The van der Waals surface area contributed by atoms with Crippen molar-refractivity contribution >= 4 is 5.91 Å². The van der Waals surface area contributed by atoms with Gasteiger partial charge in [0, 0.05) is 24.3 Å². The first-order valence-electron chi connectivity index (χ1n) is 8.59. The summed E-state index contributed by atoms with van der Waals surface area (Å²) in [7, 11) is 0. The van der Waals surface area contributed by atoms with E-state index < -0.39 is 0 Å². The summed E-state index contributed by atoms with van der Waals surface area (Å²) in [6.45, 7) is 3.56. The molecule has 0 aromatic heterocycles. The smallest absolute Gasteiger partial charge is 0.220 e. The lowest BCUT2D eigenvalue weighted by Gasteiger charge is -2.27. The molecule has 0 saturated carbocycles. The third kappa shape index (κ3) is 4.59. The molecule has 4 nitrogen and oxygen atoms in total. The number of benzene rings is 2. The zero-order valence-corrected chi connectivity index (χ0v) is 13.9. The van der Waals surface area contributed by atoms with Gasteiger partial charge in [0.1, 0.15) is 18.9 Å². The fourth-order valence-corrected chi connectivity index (χ4v) is 3.26. The van der Waals surface area contributed by atoms with Crippen LogP contribution >= 0.6 is 0 Å². The minimum absolute atomic E-state index is 0.0642. The number of likely N-dealkylation sites (tertiary alicyclic amines) is 1. The lowest BCUT2D eigenvalue weighted by molar-refractivity contribution is -0.919. The third-order valence-corrected chi connectivity index (χ3v) is 4.70. The summed E-state index contributed by atoms with van der Waals surface area (Å²) < 4.78 is 5.90. The Morgan fingerprint density at radius 3 is 2.46 bits per heavy atom. The molecule has 24 heavy (non-hydrogen) atoms. The number of amides is 1. The molecule has 1 heterocycles. The molecule has 4 heteroatoms. The molecule has 1 aliphatic heterocycles. The Kier molecular flexibility index (Phi) is 5.49. The van der Waals surface area contributed by atoms with Crippen molar-refractivity contribution < 1.29 is 14.4 Å². The fraction of sp³-hybridized carbons (Fsp3) is 0.350.